The van der Waals surface area contributed by atoms with E-state index >= 15 is 0 Å². The molecule has 1 amide bonds. The number of halogens is 1. The third-order valence-corrected chi connectivity index (χ3v) is 4.91. The second kappa shape index (κ2) is 9.67. The van der Waals surface area contributed by atoms with Crippen molar-refractivity contribution >= 4 is 22.9 Å². The molecule has 32 heavy (non-hydrogen) atoms. The molecule has 0 unspecified atom stereocenters. The number of rotatable bonds is 8. The first-order valence-electron chi connectivity index (χ1n) is 10.0. The molecule has 0 aliphatic heterocycles. The first kappa shape index (κ1) is 20.9. The van der Waals surface area contributed by atoms with E-state index in [1.165, 1.54) is 12.3 Å². The molecule has 160 valence electrons. The molecule has 2 aromatic carbocycles. The number of hydrogen-bond donors (Lipinski definition) is 1. The predicted molar refractivity (Wildman–Crippen MR) is 118 cm³/mol. The normalized spacial score (nSPS) is 11.3. The summed E-state index contributed by atoms with van der Waals surface area (Å²) in [5.41, 5.74) is 1.64. The summed E-state index contributed by atoms with van der Waals surface area (Å²) < 4.78 is 26.5. The Hall–Kier alpha value is -4.31. The van der Waals surface area contributed by atoms with Crippen molar-refractivity contribution in [1.82, 2.24) is 9.88 Å². The number of nitrogens with zero attached hydrogens (tertiary/aromatic N) is 2. The van der Waals surface area contributed by atoms with Gasteiger partial charge in [-0.1, -0.05) is 30.3 Å². The van der Waals surface area contributed by atoms with Crippen molar-refractivity contribution < 1.29 is 18.3 Å². The summed E-state index contributed by atoms with van der Waals surface area (Å²) in [6.07, 6.45) is 4.94. The van der Waals surface area contributed by atoms with Gasteiger partial charge in [0.2, 0.25) is 0 Å². The fourth-order valence-corrected chi connectivity index (χ4v) is 3.37. The van der Waals surface area contributed by atoms with Gasteiger partial charge in [-0.05, 0) is 36.4 Å². The Morgan fingerprint density at radius 2 is 1.97 bits per heavy atom. The standard InChI is InChI=1S/C25H20FN3O3/c26-22-8-2-4-10-24(22)32-13-11-29-17-19(21-7-1-3-9-23(21)29)14-18(15-27)25(30)28-16-20-6-5-12-31-20/h1-10,12,14,17H,11,13,16H2,(H,28,30)/b18-14+. The molecule has 0 fully saturated rings. The molecule has 0 atom stereocenters. The molecule has 4 rings (SSSR count). The summed E-state index contributed by atoms with van der Waals surface area (Å²) in [4.78, 5) is 12.5. The fraction of sp³-hybridized carbons (Fsp3) is 0.120. The quantitative estimate of drug-likeness (QED) is 0.326. The van der Waals surface area contributed by atoms with Gasteiger partial charge in [0.25, 0.3) is 5.91 Å². The number of carbonyl (C=O) groups is 1. The predicted octanol–water partition coefficient (Wildman–Crippen LogP) is 4.68. The lowest BCUT2D eigenvalue weighted by molar-refractivity contribution is -0.117. The Balaban J connectivity index is 1.52. The molecule has 0 saturated carbocycles. The van der Waals surface area contributed by atoms with Crippen molar-refractivity contribution in [3.63, 3.8) is 0 Å². The highest BCUT2D eigenvalue weighted by Gasteiger charge is 2.13. The summed E-state index contributed by atoms with van der Waals surface area (Å²) in [6.45, 7) is 0.923. The minimum absolute atomic E-state index is 0.0120. The van der Waals surface area contributed by atoms with E-state index in [9.17, 15) is 14.4 Å². The number of fused-ring (bicyclic) bond motifs is 1. The van der Waals surface area contributed by atoms with Crippen LogP contribution in [-0.2, 0) is 17.9 Å². The van der Waals surface area contributed by atoms with E-state index in [4.69, 9.17) is 9.15 Å². The Morgan fingerprint density at radius 3 is 2.75 bits per heavy atom. The number of para-hydroxylation sites is 2. The number of furan rings is 1. The number of nitriles is 1. The van der Waals surface area contributed by atoms with Crippen LogP contribution in [0.4, 0.5) is 4.39 Å². The van der Waals surface area contributed by atoms with Gasteiger partial charge < -0.3 is 19.0 Å². The Morgan fingerprint density at radius 1 is 1.16 bits per heavy atom. The maximum absolute atomic E-state index is 13.8. The summed E-state index contributed by atoms with van der Waals surface area (Å²) in [7, 11) is 0. The number of amides is 1. The maximum Gasteiger partial charge on any atom is 0.262 e. The van der Waals surface area contributed by atoms with E-state index in [0.29, 0.717) is 12.3 Å². The minimum atomic E-state index is -0.483. The number of carbonyl (C=O) groups excluding carboxylic acids is 1. The maximum atomic E-state index is 13.8. The lowest BCUT2D eigenvalue weighted by Crippen LogP contribution is -2.23. The summed E-state index contributed by atoms with van der Waals surface area (Å²) in [5, 5.41) is 13.1. The van der Waals surface area contributed by atoms with Crippen molar-refractivity contribution in [2.45, 2.75) is 13.1 Å². The molecular formula is C25H20FN3O3. The smallest absolute Gasteiger partial charge is 0.262 e. The number of benzene rings is 2. The van der Waals surface area contributed by atoms with Gasteiger partial charge in [0.15, 0.2) is 11.6 Å². The Kier molecular flexibility index (Phi) is 6.33. The van der Waals surface area contributed by atoms with Gasteiger partial charge in [-0.3, -0.25) is 4.79 Å². The van der Waals surface area contributed by atoms with Crippen molar-refractivity contribution in [1.29, 1.82) is 5.26 Å². The minimum Gasteiger partial charge on any atom is -0.489 e. The zero-order chi connectivity index (χ0) is 22.3. The monoisotopic (exact) mass is 429 g/mol. The number of nitrogens with one attached hydrogen (secondary N) is 1. The Labute approximate surface area is 184 Å². The third-order valence-electron chi connectivity index (χ3n) is 4.91. The van der Waals surface area contributed by atoms with Crippen LogP contribution < -0.4 is 10.1 Å². The molecule has 0 bridgehead atoms. The lowest BCUT2D eigenvalue weighted by atomic mass is 10.1. The highest BCUT2D eigenvalue weighted by Crippen LogP contribution is 2.24. The first-order valence-corrected chi connectivity index (χ1v) is 10.0. The average molecular weight is 429 g/mol. The van der Waals surface area contributed by atoms with E-state index in [0.717, 1.165) is 16.5 Å². The molecule has 0 aliphatic carbocycles. The Bertz CT molecular complexity index is 1300. The average Bonchev–Trinajstić information content (AvgIpc) is 3.45. The largest absolute Gasteiger partial charge is 0.489 e. The zero-order valence-electron chi connectivity index (χ0n) is 17.1. The lowest BCUT2D eigenvalue weighted by Gasteiger charge is -2.08. The highest BCUT2D eigenvalue weighted by atomic mass is 19.1. The van der Waals surface area contributed by atoms with Crippen LogP contribution in [0.5, 0.6) is 5.75 Å². The van der Waals surface area contributed by atoms with E-state index in [-0.39, 0.29) is 24.5 Å². The summed E-state index contributed by atoms with van der Waals surface area (Å²) in [6, 6.07) is 19.4. The van der Waals surface area contributed by atoms with Gasteiger partial charge in [-0.15, -0.1) is 0 Å². The van der Waals surface area contributed by atoms with Gasteiger partial charge in [0.05, 0.1) is 19.4 Å². The molecule has 0 saturated heterocycles. The molecule has 0 spiro atoms. The van der Waals surface area contributed by atoms with E-state index < -0.39 is 11.7 Å². The van der Waals surface area contributed by atoms with Crippen LogP contribution in [0.3, 0.4) is 0 Å². The summed E-state index contributed by atoms with van der Waals surface area (Å²) in [5.74, 6) is -0.0949. The molecule has 6 nitrogen and oxygen atoms in total. The van der Waals surface area contributed by atoms with Crippen LogP contribution >= 0.6 is 0 Å². The van der Waals surface area contributed by atoms with Gasteiger partial charge in [-0.25, -0.2) is 4.39 Å². The number of aromatic nitrogens is 1. The van der Waals surface area contributed by atoms with Crippen LogP contribution in [0.2, 0.25) is 0 Å². The van der Waals surface area contributed by atoms with Crippen LogP contribution in [0.1, 0.15) is 11.3 Å². The second-order valence-electron chi connectivity index (χ2n) is 7.01. The van der Waals surface area contributed by atoms with Crippen molar-refractivity contribution in [3.05, 3.63) is 95.8 Å². The number of ether oxygens (including phenoxy) is 1. The van der Waals surface area contributed by atoms with Crippen LogP contribution in [0.25, 0.3) is 17.0 Å². The SMILES string of the molecule is N#C/C(=C\c1cn(CCOc2ccccc2F)c2ccccc12)C(=O)NCc1ccco1. The van der Waals surface area contributed by atoms with Crippen LogP contribution in [-0.4, -0.2) is 17.1 Å². The fourth-order valence-electron chi connectivity index (χ4n) is 3.37. The molecule has 1 N–H and O–H groups in total. The van der Waals surface area contributed by atoms with E-state index in [1.54, 1.807) is 36.4 Å². The first-order chi connectivity index (χ1) is 15.7. The van der Waals surface area contributed by atoms with Crippen molar-refractivity contribution in [2.75, 3.05) is 6.61 Å². The molecule has 0 aliphatic rings. The highest BCUT2D eigenvalue weighted by molar-refractivity contribution is 6.04. The van der Waals surface area contributed by atoms with E-state index in [2.05, 4.69) is 5.32 Å². The topological polar surface area (TPSA) is 80.2 Å². The van der Waals surface area contributed by atoms with Crippen molar-refractivity contribution in [2.24, 2.45) is 0 Å². The molecule has 7 heteroatoms. The molecule has 2 heterocycles. The van der Waals surface area contributed by atoms with E-state index in [1.807, 2.05) is 41.1 Å². The second-order valence-corrected chi connectivity index (χ2v) is 7.01. The molecule has 4 aromatic rings. The molecular weight excluding hydrogens is 409 g/mol. The van der Waals surface area contributed by atoms with Crippen molar-refractivity contribution in [3.8, 4) is 11.8 Å². The van der Waals surface area contributed by atoms with Crippen LogP contribution in [0.15, 0.2) is 83.1 Å². The molecule has 2 aromatic heterocycles. The van der Waals surface area contributed by atoms with Gasteiger partial charge >= 0.3 is 0 Å². The van der Waals surface area contributed by atoms with Crippen LogP contribution in [0, 0.1) is 17.1 Å². The third kappa shape index (κ3) is 4.71. The van der Waals surface area contributed by atoms with Gasteiger partial charge in [0.1, 0.15) is 24.0 Å². The van der Waals surface area contributed by atoms with Gasteiger partial charge in [-0.2, -0.15) is 5.26 Å². The van der Waals surface area contributed by atoms with Gasteiger partial charge in [0, 0.05) is 22.7 Å². The number of hydrogen-bond acceptors (Lipinski definition) is 4. The molecule has 0 radical (unpaired) electrons. The summed E-state index contributed by atoms with van der Waals surface area (Å²) >= 11 is 0. The zero-order valence-corrected chi connectivity index (χ0v) is 17.1.